The van der Waals surface area contributed by atoms with Crippen molar-refractivity contribution in [1.29, 1.82) is 0 Å². The Bertz CT molecular complexity index is 504. The first-order valence-corrected chi connectivity index (χ1v) is 9.38. The van der Waals surface area contributed by atoms with Crippen LogP contribution in [0, 0.1) is 5.92 Å². The average Bonchev–Trinajstić information content (AvgIpc) is 3.12. The molecule has 0 aliphatic rings. The molecule has 2 rings (SSSR count). The lowest BCUT2D eigenvalue weighted by atomic mass is 9.88. The number of aromatic nitrogens is 2. The van der Waals surface area contributed by atoms with E-state index in [-0.39, 0.29) is 0 Å². The summed E-state index contributed by atoms with van der Waals surface area (Å²) in [5.41, 5.74) is 1.46. The molecule has 0 aliphatic carbocycles. The second-order valence-corrected chi connectivity index (χ2v) is 6.81. The largest absolute Gasteiger partial charge is 0.250 e. The molecule has 0 spiro atoms. The van der Waals surface area contributed by atoms with Crippen molar-refractivity contribution in [2.24, 2.45) is 5.92 Å². The SMILES string of the molecule is CCCCCCCCC(Cc1ccccc1)C(C)[n+]1cc[nH]c1. The summed E-state index contributed by atoms with van der Waals surface area (Å²) >= 11 is 0. The molecule has 0 bridgehead atoms. The monoisotopic (exact) mass is 313 g/mol. The molecule has 0 aliphatic heterocycles. The van der Waals surface area contributed by atoms with Gasteiger partial charge < -0.3 is 0 Å². The molecule has 0 radical (unpaired) electrons. The van der Waals surface area contributed by atoms with Crippen LogP contribution in [-0.4, -0.2) is 4.98 Å². The Morgan fingerprint density at radius 1 is 1.00 bits per heavy atom. The van der Waals surface area contributed by atoms with E-state index < -0.39 is 0 Å². The molecule has 0 fully saturated rings. The Labute approximate surface area is 142 Å². The maximum Gasteiger partial charge on any atom is 0.241 e. The molecular weight excluding hydrogens is 280 g/mol. The second-order valence-electron chi connectivity index (χ2n) is 6.81. The van der Waals surface area contributed by atoms with Gasteiger partial charge in [0.2, 0.25) is 6.33 Å². The van der Waals surface area contributed by atoms with Crippen LogP contribution in [0.3, 0.4) is 0 Å². The third kappa shape index (κ3) is 6.21. The molecule has 1 N–H and O–H groups in total. The number of hydrogen-bond acceptors (Lipinski definition) is 0. The molecule has 23 heavy (non-hydrogen) atoms. The fraction of sp³-hybridized carbons (Fsp3) is 0.571. The fourth-order valence-electron chi connectivity index (χ4n) is 3.42. The zero-order valence-electron chi connectivity index (χ0n) is 14.9. The molecule has 2 nitrogen and oxygen atoms in total. The van der Waals surface area contributed by atoms with Crippen molar-refractivity contribution in [2.45, 2.75) is 71.3 Å². The number of hydrogen-bond donors (Lipinski definition) is 1. The van der Waals surface area contributed by atoms with Crippen LogP contribution < -0.4 is 4.57 Å². The third-order valence-corrected chi connectivity index (χ3v) is 4.99. The van der Waals surface area contributed by atoms with Gasteiger partial charge in [-0.15, -0.1) is 0 Å². The van der Waals surface area contributed by atoms with Gasteiger partial charge >= 0.3 is 0 Å². The van der Waals surface area contributed by atoms with E-state index in [0.29, 0.717) is 12.0 Å². The Morgan fingerprint density at radius 2 is 1.74 bits per heavy atom. The third-order valence-electron chi connectivity index (χ3n) is 4.99. The average molecular weight is 314 g/mol. The molecule has 1 aromatic heterocycles. The van der Waals surface area contributed by atoms with Crippen LogP contribution in [0.5, 0.6) is 0 Å². The quantitative estimate of drug-likeness (QED) is 0.419. The summed E-state index contributed by atoms with van der Waals surface area (Å²) in [6.07, 6.45) is 17.0. The number of H-pyrrole nitrogens is 1. The van der Waals surface area contributed by atoms with Crippen molar-refractivity contribution < 1.29 is 4.57 Å². The highest BCUT2D eigenvalue weighted by atomic mass is 15.0. The van der Waals surface area contributed by atoms with Crippen LogP contribution >= 0.6 is 0 Å². The molecular formula is C21H33N2+. The van der Waals surface area contributed by atoms with Gasteiger partial charge in [-0.3, -0.25) is 4.98 Å². The van der Waals surface area contributed by atoms with Gasteiger partial charge in [0.25, 0.3) is 0 Å². The highest BCUT2D eigenvalue weighted by Crippen LogP contribution is 2.24. The van der Waals surface area contributed by atoms with Gasteiger partial charge in [-0.05, 0) is 25.3 Å². The summed E-state index contributed by atoms with van der Waals surface area (Å²) in [5.74, 6) is 0.698. The molecule has 2 unspecified atom stereocenters. The van der Waals surface area contributed by atoms with Crippen molar-refractivity contribution in [3.05, 3.63) is 54.6 Å². The minimum Gasteiger partial charge on any atom is -0.250 e. The van der Waals surface area contributed by atoms with Crippen molar-refractivity contribution in [3.8, 4) is 0 Å². The molecule has 0 saturated carbocycles. The molecule has 2 heteroatoms. The second kappa shape index (κ2) is 10.3. The zero-order chi connectivity index (χ0) is 16.3. The van der Waals surface area contributed by atoms with Crippen LogP contribution in [0.25, 0.3) is 0 Å². The van der Waals surface area contributed by atoms with Gasteiger partial charge in [0.05, 0.1) is 0 Å². The zero-order valence-corrected chi connectivity index (χ0v) is 14.9. The number of nitrogens with zero attached hydrogens (tertiary/aromatic N) is 1. The van der Waals surface area contributed by atoms with Gasteiger partial charge in [-0.2, -0.15) is 0 Å². The smallest absolute Gasteiger partial charge is 0.241 e. The van der Waals surface area contributed by atoms with Crippen LogP contribution in [0.4, 0.5) is 0 Å². The van der Waals surface area contributed by atoms with Crippen molar-refractivity contribution >= 4 is 0 Å². The predicted octanol–water partition coefficient (Wildman–Crippen LogP) is 5.47. The van der Waals surface area contributed by atoms with Crippen LogP contribution in [0.1, 0.15) is 70.4 Å². The van der Waals surface area contributed by atoms with Crippen molar-refractivity contribution in [1.82, 2.24) is 4.98 Å². The standard InChI is InChI=1S/C21H32N2/c1-3-4-5-6-7-11-14-21(17-20-12-9-8-10-13-20)19(2)23-16-15-22-18-23/h8-10,12-13,15-16,18-19,21H,3-7,11,14,17H2,1-2H3/p+1. The Balaban J connectivity index is 1.89. The van der Waals surface area contributed by atoms with Crippen molar-refractivity contribution in [3.63, 3.8) is 0 Å². The molecule has 1 aromatic carbocycles. The van der Waals surface area contributed by atoms with Gasteiger partial charge in [0, 0.05) is 5.92 Å². The number of imidazole rings is 1. The maximum atomic E-state index is 3.18. The maximum absolute atomic E-state index is 3.18. The van der Waals surface area contributed by atoms with E-state index in [4.69, 9.17) is 0 Å². The number of unbranched alkanes of at least 4 members (excludes halogenated alkanes) is 5. The van der Waals surface area contributed by atoms with Gasteiger partial charge in [0.1, 0.15) is 18.4 Å². The van der Waals surface area contributed by atoms with Gasteiger partial charge in [-0.1, -0.05) is 75.8 Å². The van der Waals surface area contributed by atoms with E-state index >= 15 is 0 Å². The van der Waals surface area contributed by atoms with Crippen LogP contribution in [0.2, 0.25) is 0 Å². The first-order chi connectivity index (χ1) is 11.3. The lowest BCUT2D eigenvalue weighted by molar-refractivity contribution is -0.725. The Kier molecular flexibility index (Phi) is 7.92. The normalized spacial score (nSPS) is 13.8. The fourth-order valence-corrected chi connectivity index (χ4v) is 3.42. The predicted molar refractivity (Wildman–Crippen MR) is 97.3 cm³/mol. The summed E-state index contributed by atoms with van der Waals surface area (Å²) in [4.78, 5) is 3.18. The summed E-state index contributed by atoms with van der Waals surface area (Å²) in [6.45, 7) is 4.64. The summed E-state index contributed by atoms with van der Waals surface area (Å²) in [7, 11) is 0. The number of rotatable bonds is 11. The first kappa shape index (κ1) is 17.8. The van der Waals surface area contributed by atoms with Crippen LogP contribution in [0.15, 0.2) is 49.1 Å². The molecule has 126 valence electrons. The van der Waals surface area contributed by atoms with E-state index in [1.807, 2.05) is 6.20 Å². The molecule has 0 saturated heterocycles. The molecule has 1 heterocycles. The van der Waals surface area contributed by atoms with Crippen molar-refractivity contribution in [2.75, 3.05) is 0 Å². The lowest BCUT2D eigenvalue weighted by Crippen LogP contribution is -2.40. The molecule has 2 atom stereocenters. The molecule has 2 aromatic rings. The molecule has 0 amide bonds. The number of aromatic amines is 1. The van der Waals surface area contributed by atoms with Crippen LogP contribution in [-0.2, 0) is 6.42 Å². The first-order valence-electron chi connectivity index (χ1n) is 9.38. The van der Waals surface area contributed by atoms with Gasteiger partial charge in [-0.25, -0.2) is 4.57 Å². The summed E-state index contributed by atoms with van der Waals surface area (Å²) < 4.78 is 2.32. The minimum atomic E-state index is 0.539. The Morgan fingerprint density at radius 3 is 2.43 bits per heavy atom. The van der Waals surface area contributed by atoms with E-state index in [1.165, 1.54) is 56.9 Å². The van der Waals surface area contributed by atoms with Gasteiger partial charge in [0.15, 0.2) is 0 Å². The van der Waals surface area contributed by atoms with E-state index in [9.17, 15) is 0 Å². The Hall–Kier alpha value is -1.57. The topological polar surface area (TPSA) is 19.7 Å². The van der Waals surface area contributed by atoms with E-state index in [1.54, 1.807) is 0 Å². The summed E-state index contributed by atoms with van der Waals surface area (Å²) in [6, 6.07) is 11.5. The number of nitrogens with one attached hydrogen (secondary N) is 1. The number of benzene rings is 1. The summed E-state index contributed by atoms with van der Waals surface area (Å²) in [5, 5.41) is 0. The minimum absolute atomic E-state index is 0.539. The van der Waals surface area contributed by atoms with E-state index in [2.05, 4.69) is 66.3 Å². The lowest BCUT2D eigenvalue weighted by Gasteiger charge is -2.22. The van der Waals surface area contributed by atoms with E-state index in [0.717, 1.165) is 0 Å². The highest BCUT2D eigenvalue weighted by Gasteiger charge is 2.22. The highest BCUT2D eigenvalue weighted by molar-refractivity contribution is 5.15.